The number of carboxylic acid groups (broad SMARTS) is 1. The van der Waals surface area contributed by atoms with Gasteiger partial charge in [-0.05, 0) is 31.5 Å². The van der Waals surface area contributed by atoms with E-state index in [9.17, 15) is 14.4 Å². The molecule has 0 spiro atoms. The van der Waals surface area contributed by atoms with Crippen molar-refractivity contribution in [3.63, 3.8) is 0 Å². The Morgan fingerprint density at radius 2 is 2.14 bits per heavy atom. The lowest BCUT2D eigenvalue weighted by Crippen LogP contribution is -2.40. The Hall–Kier alpha value is -2.15. The smallest absolute Gasteiger partial charge is 0.330 e. The average Bonchev–Trinajstić information content (AvgIpc) is 2.46. The minimum Gasteiger partial charge on any atom is -0.480 e. The lowest BCUT2D eigenvalue weighted by Gasteiger charge is -2.12. The Labute approximate surface area is 136 Å². The summed E-state index contributed by atoms with van der Waals surface area (Å²) in [4.78, 5) is 34.3. The molecule has 7 heteroatoms. The maximum atomic E-state index is 12.0. The first-order chi connectivity index (χ1) is 10.4. The summed E-state index contributed by atoms with van der Waals surface area (Å²) >= 11 is 3.24. The van der Waals surface area contributed by atoms with Crippen molar-refractivity contribution < 1.29 is 24.2 Å². The van der Waals surface area contributed by atoms with Crippen molar-refractivity contribution in [3.8, 4) is 0 Å². The first-order valence-electron chi connectivity index (χ1n) is 6.56. The number of halogens is 1. The molecule has 0 aliphatic rings. The van der Waals surface area contributed by atoms with Gasteiger partial charge in [0, 0.05) is 16.1 Å². The lowest BCUT2D eigenvalue weighted by atomic mass is 10.1. The van der Waals surface area contributed by atoms with Gasteiger partial charge in [0.2, 0.25) is 0 Å². The van der Waals surface area contributed by atoms with Gasteiger partial charge in [-0.2, -0.15) is 0 Å². The van der Waals surface area contributed by atoms with Crippen molar-refractivity contribution in [1.29, 1.82) is 0 Å². The van der Waals surface area contributed by atoms with E-state index in [0.717, 1.165) is 6.08 Å². The molecule has 0 fully saturated rings. The summed E-state index contributed by atoms with van der Waals surface area (Å²) in [6, 6.07) is 5.47. The second kappa shape index (κ2) is 8.99. The lowest BCUT2D eigenvalue weighted by molar-refractivity contribution is -0.139. The molecule has 0 aromatic heterocycles. The number of amides is 1. The normalized spacial score (nSPS) is 11.9. The predicted octanol–water partition coefficient (Wildman–Crippen LogP) is 2.14. The zero-order valence-electron chi connectivity index (χ0n) is 11.9. The maximum absolute atomic E-state index is 12.0. The van der Waals surface area contributed by atoms with Crippen molar-refractivity contribution in [2.45, 2.75) is 19.4 Å². The summed E-state index contributed by atoms with van der Waals surface area (Å²) in [7, 11) is 0. The topological polar surface area (TPSA) is 92.7 Å². The molecule has 1 amide bonds. The van der Waals surface area contributed by atoms with Gasteiger partial charge in [-0.15, -0.1) is 0 Å². The highest BCUT2D eigenvalue weighted by molar-refractivity contribution is 9.10. The van der Waals surface area contributed by atoms with E-state index >= 15 is 0 Å². The van der Waals surface area contributed by atoms with Crippen LogP contribution < -0.4 is 5.32 Å². The summed E-state index contributed by atoms with van der Waals surface area (Å²) in [5, 5.41) is 11.5. The number of aliphatic carboxylic acids is 1. The first-order valence-corrected chi connectivity index (χ1v) is 7.36. The minimum absolute atomic E-state index is 0.0199. The van der Waals surface area contributed by atoms with Crippen LogP contribution in [-0.4, -0.2) is 35.6 Å². The predicted molar refractivity (Wildman–Crippen MR) is 83.4 cm³/mol. The highest BCUT2D eigenvalue weighted by Crippen LogP contribution is 2.12. The van der Waals surface area contributed by atoms with Crippen LogP contribution in [0.25, 0.3) is 0 Å². The number of carbonyl (C=O) groups excluding carboxylic acids is 2. The summed E-state index contributed by atoms with van der Waals surface area (Å²) in [5.74, 6) is -2.24. The quantitative estimate of drug-likeness (QED) is 0.567. The van der Waals surface area contributed by atoms with Crippen LogP contribution in [0, 0.1) is 0 Å². The van der Waals surface area contributed by atoms with Crippen LogP contribution >= 0.6 is 15.9 Å². The molecular weight excluding hydrogens is 354 g/mol. The molecule has 0 radical (unpaired) electrons. The van der Waals surface area contributed by atoms with Gasteiger partial charge in [-0.25, -0.2) is 9.59 Å². The minimum atomic E-state index is -1.18. The Bertz CT molecular complexity index is 585. The van der Waals surface area contributed by atoms with Gasteiger partial charge in [0.15, 0.2) is 0 Å². The van der Waals surface area contributed by atoms with Crippen LogP contribution in [0.4, 0.5) is 0 Å². The molecule has 0 bridgehead atoms. The van der Waals surface area contributed by atoms with Crippen molar-refractivity contribution in [2.75, 3.05) is 6.61 Å². The van der Waals surface area contributed by atoms with E-state index in [1.54, 1.807) is 31.2 Å². The van der Waals surface area contributed by atoms with Gasteiger partial charge in [0.1, 0.15) is 6.04 Å². The fraction of sp³-hybridized carbons (Fsp3) is 0.267. The number of carbonyl (C=O) groups is 3. The van der Waals surface area contributed by atoms with Crippen molar-refractivity contribution in [3.05, 3.63) is 46.5 Å². The van der Waals surface area contributed by atoms with Gasteiger partial charge in [0.25, 0.3) is 5.91 Å². The van der Waals surface area contributed by atoms with E-state index in [1.807, 2.05) is 0 Å². The van der Waals surface area contributed by atoms with Gasteiger partial charge >= 0.3 is 11.9 Å². The van der Waals surface area contributed by atoms with E-state index in [1.165, 1.54) is 6.08 Å². The fourth-order valence-corrected chi connectivity index (χ4v) is 1.98. The van der Waals surface area contributed by atoms with E-state index in [0.29, 0.717) is 10.0 Å². The molecule has 0 aliphatic carbocycles. The second-order valence-corrected chi connectivity index (χ2v) is 5.18. The van der Waals surface area contributed by atoms with E-state index < -0.39 is 23.9 Å². The van der Waals surface area contributed by atoms with Crippen LogP contribution in [0.1, 0.15) is 23.7 Å². The first kappa shape index (κ1) is 17.9. The summed E-state index contributed by atoms with van der Waals surface area (Å²) < 4.78 is 5.40. The number of rotatable bonds is 7. The third-order valence-corrected chi connectivity index (χ3v) is 3.10. The van der Waals surface area contributed by atoms with Gasteiger partial charge in [0.05, 0.1) is 6.61 Å². The Kier molecular flexibility index (Phi) is 7.31. The van der Waals surface area contributed by atoms with Crippen LogP contribution in [0.2, 0.25) is 0 Å². The highest BCUT2D eigenvalue weighted by atomic mass is 79.9. The largest absolute Gasteiger partial charge is 0.480 e. The van der Waals surface area contributed by atoms with Crippen LogP contribution in [0.5, 0.6) is 0 Å². The standard InChI is InChI=1S/C15H16BrNO5/c1-2-22-13(18)8-4-7-12(15(20)21)17-14(19)10-5-3-6-11(16)9-10/h3-6,8-9,12H,2,7H2,1H3,(H,17,19)(H,20,21)/b8-4+/t12-/m0/s1. The molecule has 1 rings (SSSR count). The number of hydrogen-bond acceptors (Lipinski definition) is 4. The van der Waals surface area contributed by atoms with E-state index in [2.05, 4.69) is 26.0 Å². The molecule has 0 aliphatic heterocycles. The molecule has 1 atom stereocenters. The Morgan fingerprint density at radius 1 is 1.41 bits per heavy atom. The molecule has 1 aromatic carbocycles. The number of ether oxygens (including phenoxy) is 1. The molecule has 1 aromatic rings. The number of esters is 1. The summed E-state index contributed by atoms with van der Waals surface area (Å²) in [6.07, 6.45) is 2.48. The molecule has 6 nitrogen and oxygen atoms in total. The van der Waals surface area contributed by atoms with Crippen LogP contribution in [-0.2, 0) is 14.3 Å². The Morgan fingerprint density at radius 3 is 2.73 bits per heavy atom. The zero-order chi connectivity index (χ0) is 16.5. The van der Waals surface area contributed by atoms with Crippen molar-refractivity contribution in [2.24, 2.45) is 0 Å². The number of hydrogen-bond donors (Lipinski definition) is 2. The van der Waals surface area contributed by atoms with Gasteiger partial charge in [-0.3, -0.25) is 4.79 Å². The molecule has 0 saturated heterocycles. The Balaban J connectivity index is 2.66. The summed E-state index contributed by atoms with van der Waals surface area (Å²) in [5.41, 5.74) is 0.343. The van der Waals surface area contributed by atoms with Crippen molar-refractivity contribution >= 4 is 33.8 Å². The SMILES string of the molecule is CCOC(=O)/C=C/C[C@H](NC(=O)c1cccc(Br)c1)C(=O)O. The van der Waals surface area contributed by atoms with E-state index in [-0.39, 0.29) is 13.0 Å². The van der Waals surface area contributed by atoms with Crippen LogP contribution in [0.3, 0.4) is 0 Å². The second-order valence-electron chi connectivity index (χ2n) is 4.26. The number of benzene rings is 1. The monoisotopic (exact) mass is 369 g/mol. The van der Waals surface area contributed by atoms with Gasteiger partial charge in [-0.1, -0.05) is 28.1 Å². The molecule has 118 valence electrons. The average molecular weight is 370 g/mol. The molecule has 22 heavy (non-hydrogen) atoms. The zero-order valence-corrected chi connectivity index (χ0v) is 13.5. The number of nitrogens with one attached hydrogen (secondary N) is 1. The third-order valence-electron chi connectivity index (χ3n) is 2.60. The molecular formula is C15H16BrNO5. The third kappa shape index (κ3) is 6.09. The van der Waals surface area contributed by atoms with E-state index in [4.69, 9.17) is 5.11 Å². The van der Waals surface area contributed by atoms with Gasteiger partial charge < -0.3 is 15.2 Å². The van der Waals surface area contributed by atoms with Crippen molar-refractivity contribution in [1.82, 2.24) is 5.32 Å². The molecule has 2 N–H and O–H groups in total. The number of carboxylic acids is 1. The molecule has 0 unspecified atom stereocenters. The summed E-state index contributed by atoms with van der Waals surface area (Å²) in [6.45, 7) is 1.91. The molecule has 0 saturated carbocycles. The maximum Gasteiger partial charge on any atom is 0.330 e. The highest BCUT2D eigenvalue weighted by Gasteiger charge is 2.19. The molecule has 0 heterocycles. The fourth-order valence-electron chi connectivity index (χ4n) is 1.58. The van der Waals surface area contributed by atoms with Crippen LogP contribution in [0.15, 0.2) is 40.9 Å².